The highest BCUT2D eigenvalue weighted by molar-refractivity contribution is 7.88. The number of hydrogen-bond donors (Lipinski definition) is 1. The molecule has 4 aliphatic rings. The maximum Gasteiger partial charge on any atom is 0.534 e. The van der Waals surface area contributed by atoms with E-state index in [2.05, 4.69) is 26.5 Å². The summed E-state index contributed by atoms with van der Waals surface area (Å²) >= 11 is 0. The van der Waals surface area contributed by atoms with E-state index in [1.165, 1.54) is 23.3 Å². The molecule has 0 fully saturated rings. The molecule has 3 aromatic rings. The monoisotopic (exact) mass is 586 g/mol. The number of amides is 1. The number of ether oxygens (including phenoxy) is 1. The first-order valence-electron chi connectivity index (χ1n) is 13.6. The molecule has 7 nitrogen and oxygen atoms in total. The van der Waals surface area contributed by atoms with Crippen LogP contribution in [0.2, 0.25) is 0 Å². The second kappa shape index (κ2) is 10.4. The fourth-order valence-corrected chi connectivity index (χ4v) is 6.46. The molecule has 1 unspecified atom stereocenters. The van der Waals surface area contributed by atoms with Crippen LogP contribution in [0.15, 0.2) is 60.7 Å². The average molecular weight is 587 g/mol. The largest absolute Gasteiger partial charge is 0.534 e. The Morgan fingerprint density at radius 3 is 2.54 bits per heavy atom. The van der Waals surface area contributed by atoms with Gasteiger partial charge in [0.25, 0.3) is 5.91 Å². The molecule has 11 heteroatoms. The van der Waals surface area contributed by atoms with Crippen molar-refractivity contribution in [2.75, 3.05) is 19.6 Å². The van der Waals surface area contributed by atoms with Crippen LogP contribution >= 0.6 is 0 Å². The Balaban J connectivity index is 0.962. The minimum atomic E-state index is -5.71. The first-order valence-corrected chi connectivity index (χ1v) is 15.0. The Hall–Kier alpha value is -3.57. The molecule has 7 rings (SSSR count). The number of unbranched alkanes of at least 4 members (excludes halogenated alkanes) is 1. The molecule has 4 bridgehead atoms. The number of nitrogens with one attached hydrogen (secondary N) is 1. The van der Waals surface area contributed by atoms with Crippen LogP contribution in [0.25, 0.3) is 0 Å². The van der Waals surface area contributed by atoms with Gasteiger partial charge in [-0.2, -0.15) is 21.6 Å². The van der Waals surface area contributed by atoms with E-state index in [0.29, 0.717) is 25.1 Å². The van der Waals surface area contributed by atoms with Crippen LogP contribution in [0.1, 0.15) is 57.4 Å². The Morgan fingerprint density at radius 1 is 0.976 bits per heavy atom. The number of rotatable bonds is 9. The van der Waals surface area contributed by atoms with E-state index in [4.69, 9.17) is 4.74 Å². The van der Waals surface area contributed by atoms with Gasteiger partial charge in [-0.1, -0.05) is 24.3 Å². The molecule has 0 aromatic heterocycles. The second-order valence-corrected chi connectivity index (χ2v) is 12.3. The number of halogens is 3. The topological polar surface area (TPSA) is 84.9 Å². The van der Waals surface area contributed by atoms with Gasteiger partial charge in [-0.25, -0.2) is 0 Å². The smallest absolute Gasteiger partial charge is 0.478 e. The predicted molar refractivity (Wildman–Crippen MR) is 145 cm³/mol. The highest BCUT2D eigenvalue weighted by Gasteiger charge is 2.49. The molecule has 3 aliphatic heterocycles. The first kappa shape index (κ1) is 27.6. The number of hydrogen-bond acceptors (Lipinski definition) is 6. The van der Waals surface area contributed by atoms with Crippen LogP contribution in [0.4, 0.5) is 13.2 Å². The zero-order valence-electron chi connectivity index (χ0n) is 22.2. The number of carbonyl (C=O) groups is 1. The van der Waals surface area contributed by atoms with Crippen LogP contribution in [0.3, 0.4) is 0 Å². The number of carbonyl (C=O) groups excluding carboxylic acids is 1. The summed E-state index contributed by atoms with van der Waals surface area (Å²) in [5, 5.41) is 2.97. The van der Waals surface area contributed by atoms with E-state index in [9.17, 15) is 26.4 Å². The summed E-state index contributed by atoms with van der Waals surface area (Å²) < 4.78 is 71.2. The van der Waals surface area contributed by atoms with Crippen LogP contribution < -0.4 is 14.2 Å². The summed E-state index contributed by atoms with van der Waals surface area (Å²) in [5.41, 5.74) is -0.0314. The number of nitrogens with zero attached hydrogens (tertiary/aromatic N) is 1. The van der Waals surface area contributed by atoms with Crippen LogP contribution in [-0.4, -0.2) is 44.4 Å². The summed E-state index contributed by atoms with van der Waals surface area (Å²) in [5.74, 6) is 0.400. The van der Waals surface area contributed by atoms with Crippen molar-refractivity contribution in [3.8, 4) is 11.5 Å². The molecule has 3 heterocycles. The van der Waals surface area contributed by atoms with Crippen molar-refractivity contribution in [2.24, 2.45) is 0 Å². The normalized spacial score (nSPS) is 19.5. The van der Waals surface area contributed by atoms with E-state index in [1.807, 2.05) is 30.3 Å². The third kappa shape index (κ3) is 5.28. The van der Waals surface area contributed by atoms with Crippen LogP contribution in [0.5, 0.6) is 11.5 Å². The Labute approximate surface area is 236 Å². The zero-order chi connectivity index (χ0) is 28.8. The van der Waals surface area contributed by atoms with Crippen molar-refractivity contribution in [3.63, 3.8) is 0 Å². The molecular weight excluding hydrogens is 557 g/mol. The van der Waals surface area contributed by atoms with Crippen molar-refractivity contribution < 1.29 is 35.3 Å². The maximum atomic E-state index is 12.7. The number of fused-ring (bicyclic) bond motifs is 2. The van der Waals surface area contributed by atoms with E-state index in [1.54, 1.807) is 6.07 Å². The molecule has 1 N–H and O–H groups in total. The maximum absolute atomic E-state index is 12.7. The number of aryl methyl sites for hydroxylation is 1. The molecule has 0 radical (unpaired) electrons. The van der Waals surface area contributed by atoms with Gasteiger partial charge < -0.3 is 14.2 Å². The van der Waals surface area contributed by atoms with Crippen LogP contribution in [0, 0.1) is 0 Å². The first-order chi connectivity index (χ1) is 19.5. The van der Waals surface area contributed by atoms with Gasteiger partial charge in [-0.3, -0.25) is 9.69 Å². The molecule has 0 saturated carbocycles. The standard InChI is InChI=1S/C30H29F3N2O5S/c31-30(32,33)41(37,38)40-26-8-5-20-12-16-35(19-23(20)18-26)15-2-1-14-34-28(36)21-3-6-24(7-4-21)29-13-11-22-17-25(39-29)9-10-27(22)29/h3-10,17-18H,1-2,11-16,19H2,(H,34,36). The van der Waals surface area contributed by atoms with Crippen molar-refractivity contribution in [3.05, 3.63) is 94.0 Å². The Kier molecular flexibility index (Phi) is 6.97. The highest BCUT2D eigenvalue weighted by Crippen LogP contribution is 2.50. The van der Waals surface area contributed by atoms with Gasteiger partial charge >= 0.3 is 15.6 Å². The Bertz CT molecular complexity index is 1590. The lowest BCUT2D eigenvalue weighted by molar-refractivity contribution is -0.0500. The van der Waals surface area contributed by atoms with Crippen LogP contribution in [-0.2, 0) is 35.1 Å². The summed E-state index contributed by atoms with van der Waals surface area (Å²) in [6.45, 7) is 2.51. The minimum absolute atomic E-state index is 0.137. The fraction of sp³-hybridized carbons (Fsp3) is 0.367. The van der Waals surface area contributed by atoms with Gasteiger partial charge in [0.2, 0.25) is 0 Å². The van der Waals surface area contributed by atoms with E-state index >= 15 is 0 Å². The van der Waals surface area contributed by atoms with E-state index < -0.39 is 21.2 Å². The third-order valence-electron chi connectivity index (χ3n) is 8.11. The minimum Gasteiger partial charge on any atom is -0.478 e. The van der Waals surface area contributed by atoms with Crippen molar-refractivity contribution in [2.45, 2.75) is 49.8 Å². The number of alkyl halides is 3. The molecule has 1 amide bonds. The lowest BCUT2D eigenvalue weighted by Gasteiger charge is -2.35. The van der Waals surface area contributed by atoms with Gasteiger partial charge in [-0.15, -0.1) is 0 Å². The molecule has 3 aromatic carbocycles. The summed E-state index contributed by atoms with van der Waals surface area (Å²) in [7, 11) is -5.71. The third-order valence-corrected chi connectivity index (χ3v) is 9.09. The fourth-order valence-electron chi connectivity index (χ4n) is 6.01. The molecule has 1 aliphatic carbocycles. The quantitative estimate of drug-likeness (QED) is 0.214. The molecule has 1 atom stereocenters. The van der Waals surface area contributed by atoms with Gasteiger partial charge in [0.15, 0.2) is 5.60 Å². The lowest BCUT2D eigenvalue weighted by Crippen LogP contribution is -2.34. The van der Waals surface area contributed by atoms with Gasteiger partial charge in [0, 0.05) is 30.8 Å². The van der Waals surface area contributed by atoms with E-state index in [-0.39, 0.29) is 11.7 Å². The zero-order valence-corrected chi connectivity index (χ0v) is 23.0. The summed E-state index contributed by atoms with van der Waals surface area (Å²) in [6, 6.07) is 18.1. The molecule has 41 heavy (non-hydrogen) atoms. The molecule has 0 spiro atoms. The predicted octanol–water partition coefficient (Wildman–Crippen LogP) is 5.07. The van der Waals surface area contributed by atoms with Gasteiger partial charge in [0.05, 0.1) is 0 Å². The van der Waals surface area contributed by atoms with Crippen molar-refractivity contribution in [1.82, 2.24) is 10.2 Å². The Morgan fingerprint density at radius 2 is 1.78 bits per heavy atom. The molecule has 216 valence electrons. The van der Waals surface area contributed by atoms with E-state index in [0.717, 1.165) is 61.2 Å². The molecular formula is C30H29F3N2O5S. The summed E-state index contributed by atoms with van der Waals surface area (Å²) in [6.07, 6.45) is 4.15. The van der Waals surface area contributed by atoms with Gasteiger partial charge in [-0.05, 0) is 97.3 Å². The molecule has 0 saturated heterocycles. The average Bonchev–Trinajstić information content (AvgIpc) is 3.22. The second-order valence-electron chi connectivity index (χ2n) is 10.7. The van der Waals surface area contributed by atoms with Crippen molar-refractivity contribution in [1.29, 1.82) is 0 Å². The summed E-state index contributed by atoms with van der Waals surface area (Å²) in [4.78, 5) is 14.9. The SMILES string of the molecule is O=C(NCCCCN1CCc2ccc(OS(=O)(=O)C(F)(F)F)cc2C1)c1ccc(C23CCc4cc(ccc42)O3)cc1. The number of benzene rings is 3. The lowest BCUT2D eigenvalue weighted by atomic mass is 9.85. The van der Waals surface area contributed by atoms with Crippen molar-refractivity contribution >= 4 is 16.0 Å². The highest BCUT2D eigenvalue weighted by atomic mass is 32.2. The van der Waals surface area contributed by atoms with Gasteiger partial charge in [0.1, 0.15) is 11.5 Å².